The Hall–Kier alpha value is -6.80. The number of rotatable bonds is 14. The van der Waals surface area contributed by atoms with Gasteiger partial charge in [-0.1, -0.05) is 84.9 Å². The van der Waals surface area contributed by atoms with Crippen LogP contribution in [-0.4, -0.2) is 33.2 Å². The van der Waals surface area contributed by atoms with Crippen LogP contribution in [0.2, 0.25) is 0 Å². The Morgan fingerprint density at radius 1 is 0.554 bits per heavy atom. The third-order valence-corrected chi connectivity index (χ3v) is 13.8. The molecular formula is C57H62N6O2. The summed E-state index contributed by atoms with van der Waals surface area (Å²) in [6, 6.07) is 29.0. The highest BCUT2D eigenvalue weighted by Crippen LogP contribution is 2.37. The van der Waals surface area contributed by atoms with Crippen molar-refractivity contribution in [3.05, 3.63) is 175 Å². The number of carbonyl (C=O) groups is 2. The second kappa shape index (κ2) is 18.7. The molecule has 8 heteroatoms. The van der Waals surface area contributed by atoms with Crippen molar-refractivity contribution in [1.82, 2.24) is 20.6 Å². The van der Waals surface area contributed by atoms with Gasteiger partial charge in [0, 0.05) is 53.5 Å². The monoisotopic (exact) mass is 862 g/mol. The lowest BCUT2D eigenvalue weighted by atomic mass is 9.93. The molecule has 4 heterocycles. The fourth-order valence-corrected chi connectivity index (χ4v) is 9.95. The van der Waals surface area contributed by atoms with Gasteiger partial charge in [0.15, 0.2) is 0 Å². The van der Waals surface area contributed by atoms with E-state index in [1.165, 1.54) is 55.0 Å². The minimum absolute atomic E-state index is 0.0426. The molecule has 8 nitrogen and oxygen atoms in total. The van der Waals surface area contributed by atoms with Gasteiger partial charge in [0.25, 0.3) is 0 Å². The summed E-state index contributed by atoms with van der Waals surface area (Å²) in [5.74, 6) is 0.0853. The smallest absolute Gasteiger partial charge is 0.220 e. The number of aryl methyl sites for hydroxylation is 2. The van der Waals surface area contributed by atoms with E-state index < -0.39 is 0 Å². The average molecular weight is 863 g/mol. The van der Waals surface area contributed by atoms with Gasteiger partial charge in [0.05, 0.1) is 23.5 Å². The van der Waals surface area contributed by atoms with Crippen LogP contribution in [0.1, 0.15) is 129 Å². The Morgan fingerprint density at radius 2 is 0.938 bits per heavy atom. The lowest BCUT2D eigenvalue weighted by molar-refractivity contribution is -0.122. The Labute approximate surface area is 383 Å². The number of hydrogen-bond donors (Lipinski definition) is 4. The number of benzene rings is 4. The molecule has 332 valence electrons. The first kappa shape index (κ1) is 44.8. The van der Waals surface area contributed by atoms with Gasteiger partial charge in [-0.15, -0.1) is 0 Å². The van der Waals surface area contributed by atoms with Crippen LogP contribution in [0, 0.1) is 27.7 Å². The van der Waals surface area contributed by atoms with E-state index in [-0.39, 0.29) is 23.9 Å². The zero-order valence-corrected chi connectivity index (χ0v) is 39.6. The second-order valence-corrected chi connectivity index (χ2v) is 18.1. The molecule has 0 unspecified atom stereocenters. The molecule has 2 atom stereocenters. The maximum absolute atomic E-state index is 13.2. The van der Waals surface area contributed by atoms with Crippen molar-refractivity contribution >= 4 is 56.9 Å². The zero-order chi connectivity index (χ0) is 46.1. The first-order chi connectivity index (χ1) is 31.2. The molecular weight excluding hydrogens is 801 g/mol. The van der Waals surface area contributed by atoms with Crippen molar-refractivity contribution in [1.29, 1.82) is 0 Å². The topological polar surface area (TPSA) is 114 Å². The maximum Gasteiger partial charge on any atom is 0.220 e. The molecule has 0 radical (unpaired) electrons. The third-order valence-electron chi connectivity index (χ3n) is 13.8. The standard InChI is InChI=1S/C57H62N6O2/c1-32-44(25-27-56(64)62-38(7)46-23-15-19-42-17-11-13-21-48(42)46)36(5)58-52(32)30-54-34(3)50(40(9)60-54)29-51-35(4)55(61-41(51)10)31-53-33(2)45(37(6)59-53)26-28-57(65)63-39(8)47-24-16-20-43-18-12-14-22-49(43)47/h11-24,30-31,38-39,58-59H,25-29H2,1-10H3,(H,62,64)(H,63,65)/b54-30-,55-31-/t38-,39-/m1/s1. The lowest BCUT2D eigenvalue weighted by Gasteiger charge is -2.17. The van der Waals surface area contributed by atoms with E-state index in [1.54, 1.807) is 0 Å². The molecule has 65 heavy (non-hydrogen) atoms. The van der Waals surface area contributed by atoms with Crippen molar-refractivity contribution in [2.45, 2.75) is 113 Å². The number of nitrogens with zero attached hydrogens (tertiary/aromatic N) is 2. The highest BCUT2D eigenvalue weighted by molar-refractivity contribution is 6.09. The first-order valence-corrected chi connectivity index (χ1v) is 23.0. The number of aromatic nitrogens is 2. The maximum atomic E-state index is 13.2. The lowest BCUT2D eigenvalue weighted by Crippen LogP contribution is -2.27. The van der Waals surface area contributed by atoms with Gasteiger partial charge in [0.1, 0.15) is 0 Å². The van der Waals surface area contributed by atoms with Gasteiger partial charge in [-0.3, -0.25) is 19.6 Å². The largest absolute Gasteiger partial charge is 0.359 e. The van der Waals surface area contributed by atoms with E-state index in [1.807, 2.05) is 24.3 Å². The van der Waals surface area contributed by atoms with Crippen LogP contribution in [0.25, 0.3) is 33.7 Å². The molecule has 2 aliphatic heterocycles. The summed E-state index contributed by atoms with van der Waals surface area (Å²) in [6.07, 6.45) is 7.19. The predicted octanol–water partition coefficient (Wildman–Crippen LogP) is 12.9. The molecule has 4 N–H and O–H groups in total. The van der Waals surface area contributed by atoms with Crippen LogP contribution in [0.4, 0.5) is 0 Å². The van der Waals surface area contributed by atoms with Crippen LogP contribution >= 0.6 is 0 Å². The summed E-state index contributed by atoms with van der Waals surface area (Å²) in [4.78, 5) is 43.8. The van der Waals surface area contributed by atoms with Crippen molar-refractivity contribution < 1.29 is 9.59 Å². The minimum atomic E-state index is -0.0912. The molecule has 2 amide bonds. The normalized spacial score (nSPS) is 16.3. The third kappa shape index (κ3) is 9.26. The summed E-state index contributed by atoms with van der Waals surface area (Å²) in [7, 11) is 0. The highest BCUT2D eigenvalue weighted by atomic mass is 16.2. The van der Waals surface area contributed by atoms with Crippen LogP contribution < -0.4 is 10.6 Å². The van der Waals surface area contributed by atoms with E-state index in [2.05, 4.69) is 163 Å². The number of amides is 2. The van der Waals surface area contributed by atoms with E-state index in [4.69, 9.17) is 9.98 Å². The molecule has 4 aromatic carbocycles. The Kier molecular flexibility index (Phi) is 12.9. The number of aromatic amines is 2. The average Bonchev–Trinajstić information content (AvgIpc) is 3.92. The SMILES string of the molecule is CC1=N/C(=C\c2[nH]c(C)c(CCC(=O)N[C@H](C)c3cccc4ccccc34)c2C)C(C)=C1CC1=C(C)/C(=C/c2[nH]c(C)c(CCC(=O)N[C@H](C)c3cccc4ccccc34)c2C)N=C1C. The number of H-pyrrole nitrogens is 2. The van der Waals surface area contributed by atoms with Crippen molar-refractivity contribution in [2.24, 2.45) is 9.98 Å². The molecule has 0 fully saturated rings. The van der Waals surface area contributed by atoms with Crippen molar-refractivity contribution in [2.75, 3.05) is 0 Å². The van der Waals surface area contributed by atoms with Crippen LogP contribution in [0.15, 0.2) is 129 Å². The molecule has 0 bridgehead atoms. The molecule has 0 saturated carbocycles. The summed E-state index contributed by atoms with van der Waals surface area (Å²) in [5, 5.41) is 11.2. The number of fused-ring (bicyclic) bond motifs is 2. The van der Waals surface area contributed by atoms with Crippen LogP contribution in [0.5, 0.6) is 0 Å². The van der Waals surface area contributed by atoms with Crippen molar-refractivity contribution in [3.63, 3.8) is 0 Å². The number of carbonyl (C=O) groups excluding carboxylic acids is 2. The van der Waals surface area contributed by atoms with Gasteiger partial charge in [-0.25, -0.2) is 0 Å². The van der Waals surface area contributed by atoms with E-state index >= 15 is 0 Å². The first-order valence-electron chi connectivity index (χ1n) is 23.0. The minimum Gasteiger partial charge on any atom is -0.359 e. The Morgan fingerprint density at radius 3 is 1.35 bits per heavy atom. The van der Waals surface area contributed by atoms with Gasteiger partial charge < -0.3 is 20.6 Å². The zero-order valence-electron chi connectivity index (χ0n) is 39.6. The van der Waals surface area contributed by atoms with Gasteiger partial charge in [-0.05, 0) is 171 Å². The number of aliphatic imine (C=N–C) groups is 2. The van der Waals surface area contributed by atoms with Gasteiger partial charge in [-0.2, -0.15) is 0 Å². The van der Waals surface area contributed by atoms with Crippen molar-refractivity contribution in [3.8, 4) is 0 Å². The molecule has 8 rings (SSSR count). The quantitative estimate of drug-likeness (QED) is 0.0873. The fourth-order valence-electron chi connectivity index (χ4n) is 9.95. The Bertz CT molecular complexity index is 2850. The van der Waals surface area contributed by atoms with Gasteiger partial charge >= 0.3 is 0 Å². The molecule has 2 aliphatic rings. The summed E-state index contributed by atoms with van der Waals surface area (Å²) >= 11 is 0. The molecule has 6 aromatic rings. The Balaban J connectivity index is 0.912. The van der Waals surface area contributed by atoms with Crippen LogP contribution in [-0.2, 0) is 22.4 Å². The summed E-state index contributed by atoms with van der Waals surface area (Å²) in [5.41, 5.74) is 19.9. The predicted molar refractivity (Wildman–Crippen MR) is 270 cm³/mol. The van der Waals surface area contributed by atoms with Gasteiger partial charge in [0.2, 0.25) is 11.8 Å². The molecule has 0 saturated heterocycles. The fraction of sp³-hybridized carbons (Fsp3) is 0.298. The molecule has 0 aliphatic carbocycles. The van der Waals surface area contributed by atoms with E-state index in [9.17, 15) is 9.59 Å². The van der Waals surface area contributed by atoms with Crippen LogP contribution in [0.3, 0.4) is 0 Å². The molecule has 2 aromatic heterocycles. The second-order valence-electron chi connectivity index (χ2n) is 18.1. The summed E-state index contributed by atoms with van der Waals surface area (Å²) < 4.78 is 0. The number of nitrogens with one attached hydrogen (secondary N) is 4. The number of hydrogen-bond acceptors (Lipinski definition) is 4. The molecule has 0 spiro atoms. The summed E-state index contributed by atoms with van der Waals surface area (Å²) in [6.45, 7) is 21.1. The van der Waals surface area contributed by atoms with E-state index in [0.29, 0.717) is 25.7 Å². The van der Waals surface area contributed by atoms with E-state index in [0.717, 1.165) is 74.3 Å². The highest BCUT2D eigenvalue weighted by Gasteiger charge is 2.26. The number of allylic oxidation sites excluding steroid dienone is 4.